The van der Waals surface area contributed by atoms with E-state index in [9.17, 15) is 8.42 Å². The monoisotopic (exact) mass is 275 g/mol. The highest BCUT2D eigenvalue weighted by Gasteiger charge is 2.54. The Kier molecular flexibility index (Phi) is 2.19. The van der Waals surface area contributed by atoms with Gasteiger partial charge < -0.3 is 0 Å². The van der Waals surface area contributed by atoms with Crippen LogP contribution in [0.1, 0.15) is 18.5 Å². The molecule has 0 saturated heterocycles. The molecule has 0 unspecified atom stereocenters. The summed E-state index contributed by atoms with van der Waals surface area (Å²) in [5.41, 5.74) is 0.661. The van der Waals surface area contributed by atoms with Crippen LogP contribution in [0.2, 0.25) is 0 Å². The van der Waals surface area contributed by atoms with Gasteiger partial charge in [0.25, 0.3) is 0 Å². The van der Waals surface area contributed by atoms with Crippen molar-refractivity contribution in [3.05, 3.63) is 28.5 Å². The zero-order chi connectivity index (χ0) is 10.4. The van der Waals surface area contributed by atoms with E-state index in [4.69, 9.17) is 0 Å². The summed E-state index contributed by atoms with van der Waals surface area (Å²) in [5.74, 6) is 0. The lowest BCUT2D eigenvalue weighted by atomic mass is 10.2. The molecule has 1 aromatic rings. The maximum atomic E-state index is 11.6. The smallest absolute Gasteiger partial charge is 0.158 e. The second kappa shape index (κ2) is 3.03. The molecule has 0 aromatic carbocycles. The molecule has 0 bridgehead atoms. The standard InChI is InChI=1S/C9H10BrNO2S/c1-14(12,13)9(3-4-9)8-6-7(10)2-5-11-8/h2,5-6H,3-4H2,1H3. The molecular weight excluding hydrogens is 266 g/mol. The van der Waals surface area contributed by atoms with E-state index < -0.39 is 14.6 Å². The highest BCUT2D eigenvalue weighted by Crippen LogP contribution is 2.51. The number of hydrogen-bond donors (Lipinski definition) is 0. The van der Waals surface area contributed by atoms with Gasteiger partial charge in [-0.15, -0.1) is 0 Å². The zero-order valence-electron chi connectivity index (χ0n) is 7.70. The number of rotatable bonds is 2. The average molecular weight is 276 g/mol. The normalized spacial score (nSPS) is 19.3. The lowest BCUT2D eigenvalue weighted by molar-refractivity contribution is 0.584. The van der Waals surface area contributed by atoms with E-state index in [1.807, 2.05) is 0 Å². The lowest BCUT2D eigenvalue weighted by Crippen LogP contribution is -2.20. The summed E-state index contributed by atoms with van der Waals surface area (Å²) in [6.07, 6.45) is 4.29. The molecule has 0 radical (unpaired) electrons. The van der Waals surface area contributed by atoms with Crippen LogP contribution in [0.15, 0.2) is 22.8 Å². The van der Waals surface area contributed by atoms with Gasteiger partial charge in [-0.3, -0.25) is 4.98 Å². The highest BCUT2D eigenvalue weighted by molar-refractivity contribution is 9.10. The van der Waals surface area contributed by atoms with Crippen molar-refractivity contribution in [2.45, 2.75) is 17.6 Å². The molecule has 1 heterocycles. The van der Waals surface area contributed by atoms with E-state index in [1.54, 1.807) is 18.3 Å². The predicted molar refractivity (Wildman–Crippen MR) is 57.7 cm³/mol. The molecule has 0 aliphatic heterocycles. The Balaban J connectivity index is 2.51. The quantitative estimate of drug-likeness (QED) is 0.828. The number of hydrogen-bond acceptors (Lipinski definition) is 3. The summed E-state index contributed by atoms with van der Waals surface area (Å²) < 4.78 is 23.3. The first kappa shape index (κ1) is 10.1. The summed E-state index contributed by atoms with van der Waals surface area (Å²) >= 11 is 3.31. The molecule has 14 heavy (non-hydrogen) atoms. The third kappa shape index (κ3) is 1.48. The summed E-state index contributed by atoms with van der Waals surface area (Å²) in [7, 11) is -3.04. The average Bonchev–Trinajstić information content (AvgIpc) is 2.82. The van der Waals surface area contributed by atoms with Crippen molar-refractivity contribution < 1.29 is 8.42 Å². The molecule has 1 aromatic heterocycles. The Bertz CT molecular complexity index is 465. The van der Waals surface area contributed by atoms with Crippen molar-refractivity contribution in [3.8, 4) is 0 Å². The van der Waals surface area contributed by atoms with Gasteiger partial charge in [-0.2, -0.15) is 0 Å². The minimum Gasteiger partial charge on any atom is -0.260 e. The van der Waals surface area contributed by atoms with Gasteiger partial charge in [0.15, 0.2) is 9.84 Å². The number of pyridine rings is 1. The molecule has 1 saturated carbocycles. The summed E-state index contributed by atoms with van der Waals surface area (Å²) in [4.78, 5) is 4.13. The first-order valence-electron chi connectivity index (χ1n) is 4.27. The van der Waals surface area contributed by atoms with Crippen LogP contribution in [-0.2, 0) is 14.6 Å². The van der Waals surface area contributed by atoms with Gasteiger partial charge in [0.2, 0.25) is 0 Å². The van der Waals surface area contributed by atoms with Crippen molar-refractivity contribution in [1.82, 2.24) is 4.98 Å². The van der Waals surface area contributed by atoms with E-state index in [2.05, 4.69) is 20.9 Å². The number of halogens is 1. The van der Waals surface area contributed by atoms with Gasteiger partial charge in [-0.25, -0.2) is 8.42 Å². The molecule has 0 spiro atoms. The van der Waals surface area contributed by atoms with Crippen molar-refractivity contribution in [3.63, 3.8) is 0 Å². The fourth-order valence-electron chi connectivity index (χ4n) is 1.58. The summed E-state index contributed by atoms with van der Waals surface area (Å²) in [6, 6.07) is 3.58. The molecule has 1 aliphatic carbocycles. The van der Waals surface area contributed by atoms with Crippen molar-refractivity contribution in [1.29, 1.82) is 0 Å². The largest absolute Gasteiger partial charge is 0.260 e. The molecule has 76 valence electrons. The molecule has 1 aliphatic rings. The highest BCUT2D eigenvalue weighted by atomic mass is 79.9. The van der Waals surface area contributed by atoms with E-state index in [0.29, 0.717) is 18.5 Å². The van der Waals surface area contributed by atoms with Crippen molar-refractivity contribution >= 4 is 25.8 Å². The Morgan fingerprint density at radius 3 is 2.57 bits per heavy atom. The molecule has 0 N–H and O–H groups in total. The maximum absolute atomic E-state index is 11.6. The van der Waals surface area contributed by atoms with Crippen molar-refractivity contribution in [2.24, 2.45) is 0 Å². The van der Waals surface area contributed by atoms with E-state index in [-0.39, 0.29) is 0 Å². The van der Waals surface area contributed by atoms with Crippen LogP contribution in [0, 0.1) is 0 Å². The number of nitrogens with zero attached hydrogens (tertiary/aromatic N) is 1. The molecule has 5 heteroatoms. The molecule has 3 nitrogen and oxygen atoms in total. The molecule has 1 fully saturated rings. The van der Waals surface area contributed by atoms with Crippen LogP contribution >= 0.6 is 15.9 Å². The van der Waals surface area contributed by atoms with Gasteiger partial charge in [0.05, 0.1) is 5.69 Å². The second-order valence-corrected chi connectivity index (χ2v) is 6.87. The minimum absolute atomic E-state index is 0.661. The first-order chi connectivity index (χ1) is 6.46. The van der Waals surface area contributed by atoms with Gasteiger partial charge in [-0.1, -0.05) is 15.9 Å². The van der Waals surface area contributed by atoms with Crippen LogP contribution in [0.5, 0.6) is 0 Å². The number of sulfone groups is 1. The molecule has 2 rings (SSSR count). The first-order valence-corrected chi connectivity index (χ1v) is 6.96. The predicted octanol–water partition coefficient (Wildman–Crippen LogP) is 1.88. The second-order valence-electron chi connectivity index (χ2n) is 3.63. The van der Waals surface area contributed by atoms with E-state index >= 15 is 0 Å². The summed E-state index contributed by atoms with van der Waals surface area (Å²) in [5, 5.41) is 0. The third-order valence-electron chi connectivity index (χ3n) is 2.60. The van der Waals surface area contributed by atoms with Crippen LogP contribution in [0.25, 0.3) is 0 Å². The minimum atomic E-state index is -3.04. The SMILES string of the molecule is CS(=O)(=O)C1(c2cc(Br)ccn2)CC1. The van der Waals surface area contributed by atoms with Gasteiger partial charge in [-0.05, 0) is 25.0 Å². The Morgan fingerprint density at radius 1 is 1.50 bits per heavy atom. The van der Waals surface area contributed by atoms with Crippen LogP contribution < -0.4 is 0 Å². The van der Waals surface area contributed by atoms with Crippen LogP contribution in [0.4, 0.5) is 0 Å². The van der Waals surface area contributed by atoms with E-state index in [0.717, 1.165) is 4.47 Å². The summed E-state index contributed by atoms with van der Waals surface area (Å²) in [6.45, 7) is 0. The van der Waals surface area contributed by atoms with Gasteiger partial charge >= 0.3 is 0 Å². The van der Waals surface area contributed by atoms with Gasteiger partial charge in [0.1, 0.15) is 4.75 Å². The molecule has 0 amide bonds. The Morgan fingerprint density at radius 2 is 2.14 bits per heavy atom. The van der Waals surface area contributed by atoms with Crippen molar-refractivity contribution in [2.75, 3.05) is 6.26 Å². The molecule has 0 atom stereocenters. The third-order valence-corrected chi connectivity index (χ3v) is 5.13. The Labute approximate surface area is 91.6 Å². The fraction of sp³-hybridized carbons (Fsp3) is 0.444. The molecular formula is C9H10BrNO2S. The lowest BCUT2D eigenvalue weighted by Gasteiger charge is -2.11. The van der Waals surface area contributed by atoms with Crippen LogP contribution in [0.3, 0.4) is 0 Å². The fourth-order valence-corrected chi connectivity index (χ4v) is 3.25. The maximum Gasteiger partial charge on any atom is 0.158 e. The topological polar surface area (TPSA) is 47.0 Å². The van der Waals surface area contributed by atoms with E-state index in [1.165, 1.54) is 6.26 Å². The van der Waals surface area contributed by atoms with Crippen LogP contribution in [-0.4, -0.2) is 19.7 Å². The Hall–Kier alpha value is -0.420. The number of aromatic nitrogens is 1. The van der Waals surface area contributed by atoms with Gasteiger partial charge in [0, 0.05) is 16.9 Å². The zero-order valence-corrected chi connectivity index (χ0v) is 10.1.